The first kappa shape index (κ1) is 9.71. The van der Waals surface area contributed by atoms with Crippen molar-refractivity contribution in [2.75, 3.05) is 0 Å². The topological polar surface area (TPSA) is 48.2 Å². The Labute approximate surface area is 87.9 Å². The molecular weight excluding hydrogens is 192 g/mol. The van der Waals surface area contributed by atoms with Gasteiger partial charge in [-0.1, -0.05) is 5.16 Å². The molecule has 0 saturated carbocycles. The van der Waals surface area contributed by atoms with Crippen molar-refractivity contribution in [3.05, 3.63) is 30.7 Å². The number of pyridine rings is 1. The second-order valence-corrected chi connectivity index (χ2v) is 3.41. The zero-order valence-corrected chi connectivity index (χ0v) is 8.68. The first-order valence-electron chi connectivity index (χ1n) is 4.80. The van der Waals surface area contributed by atoms with Gasteiger partial charge in [-0.05, 0) is 26.0 Å². The van der Waals surface area contributed by atoms with E-state index in [0.29, 0.717) is 5.88 Å². The van der Waals surface area contributed by atoms with E-state index in [1.165, 1.54) is 6.26 Å². The molecule has 2 aromatic heterocycles. The van der Waals surface area contributed by atoms with Crippen LogP contribution in [0.15, 0.2) is 35.2 Å². The average molecular weight is 204 g/mol. The summed E-state index contributed by atoms with van der Waals surface area (Å²) in [5.74, 6) is 0.585. The van der Waals surface area contributed by atoms with Crippen molar-refractivity contribution in [3.63, 3.8) is 0 Å². The van der Waals surface area contributed by atoms with Crippen LogP contribution in [-0.4, -0.2) is 16.2 Å². The van der Waals surface area contributed by atoms with E-state index in [4.69, 9.17) is 9.26 Å². The van der Waals surface area contributed by atoms with Crippen molar-refractivity contribution < 1.29 is 9.26 Å². The van der Waals surface area contributed by atoms with E-state index in [0.717, 1.165) is 11.3 Å². The Morgan fingerprint density at radius 2 is 2.20 bits per heavy atom. The Morgan fingerprint density at radius 1 is 1.33 bits per heavy atom. The number of nitrogens with zero attached hydrogens (tertiary/aromatic N) is 2. The van der Waals surface area contributed by atoms with Gasteiger partial charge in [0, 0.05) is 12.3 Å². The molecular formula is C11H12N2O2. The number of aromatic nitrogens is 2. The third kappa shape index (κ3) is 2.15. The summed E-state index contributed by atoms with van der Waals surface area (Å²) in [4.78, 5) is 4.17. The minimum atomic E-state index is 0.0885. The monoisotopic (exact) mass is 204 g/mol. The Hall–Kier alpha value is -1.84. The fourth-order valence-electron chi connectivity index (χ4n) is 1.25. The molecule has 78 valence electrons. The second kappa shape index (κ2) is 4.13. The van der Waals surface area contributed by atoms with E-state index in [9.17, 15) is 0 Å². The highest BCUT2D eigenvalue weighted by Gasteiger charge is 2.10. The average Bonchev–Trinajstić information content (AvgIpc) is 2.70. The van der Waals surface area contributed by atoms with Gasteiger partial charge in [-0.3, -0.25) is 0 Å². The van der Waals surface area contributed by atoms with Gasteiger partial charge < -0.3 is 9.26 Å². The third-order valence-corrected chi connectivity index (χ3v) is 1.83. The van der Waals surface area contributed by atoms with Crippen LogP contribution >= 0.6 is 0 Å². The van der Waals surface area contributed by atoms with E-state index in [1.54, 1.807) is 12.3 Å². The zero-order valence-electron chi connectivity index (χ0n) is 8.68. The van der Waals surface area contributed by atoms with Crippen LogP contribution < -0.4 is 4.74 Å². The van der Waals surface area contributed by atoms with Gasteiger partial charge in [-0.25, -0.2) is 4.98 Å². The number of rotatable bonds is 3. The lowest BCUT2D eigenvalue weighted by Gasteiger charge is -2.10. The van der Waals surface area contributed by atoms with Gasteiger partial charge in [0.1, 0.15) is 12.0 Å². The van der Waals surface area contributed by atoms with Crippen molar-refractivity contribution in [2.45, 2.75) is 20.0 Å². The molecule has 0 saturated heterocycles. The van der Waals surface area contributed by atoms with Crippen LogP contribution in [0.3, 0.4) is 0 Å². The maximum absolute atomic E-state index is 5.58. The predicted octanol–water partition coefficient (Wildman–Crippen LogP) is 2.52. The summed E-state index contributed by atoms with van der Waals surface area (Å²) in [5.41, 5.74) is 1.58. The maximum atomic E-state index is 5.58. The fraction of sp³-hybridized carbons (Fsp3) is 0.273. The van der Waals surface area contributed by atoms with E-state index in [-0.39, 0.29) is 6.10 Å². The molecule has 0 radical (unpaired) electrons. The summed E-state index contributed by atoms with van der Waals surface area (Å²) >= 11 is 0. The lowest BCUT2D eigenvalue weighted by atomic mass is 10.2. The van der Waals surface area contributed by atoms with Crippen LogP contribution in [0.1, 0.15) is 13.8 Å². The maximum Gasteiger partial charge on any atom is 0.223 e. The van der Waals surface area contributed by atoms with Crippen LogP contribution in [0.4, 0.5) is 0 Å². The summed E-state index contributed by atoms with van der Waals surface area (Å²) in [6.45, 7) is 3.92. The zero-order chi connectivity index (χ0) is 10.7. The lowest BCUT2D eigenvalue weighted by molar-refractivity contribution is 0.233. The Balaban J connectivity index is 2.38. The number of hydrogen-bond acceptors (Lipinski definition) is 4. The number of hydrogen-bond donors (Lipinski definition) is 0. The van der Waals surface area contributed by atoms with Crippen LogP contribution in [0.25, 0.3) is 11.3 Å². The SMILES string of the molecule is CC(C)Oc1ncccc1-c1ccon1. The first-order valence-corrected chi connectivity index (χ1v) is 4.80. The molecule has 0 aliphatic heterocycles. The molecule has 15 heavy (non-hydrogen) atoms. The van der Waals surface area contributed by atoms with Gasteiger partial charge in [-0.2, -0.15) is 0 Å². The van der Waals surface area contributed by atoms with Crippen molar-refractivity contribution in [1.29, 1.82) is 0 Å². The molecule has 0 fully saturated rings. The molecule has 0 atom stereocenters. The molecule has 0 bridgehead atoms. The van der Waals surface area contributed by atoms with Crippen LogP contribution in [-0.2, 0) is 0 Å². The third-order valence-electron chi connectivity index (χ3n) is 1.83. The Kier molecular flexibility index (Phi) is 2.67. The molecule has 2 aromatic rings. The largest absolute Gasteiger partial charge is 0.474 e. The molecule has 2 heterocycles. The number of ether oxygens (including phenoxy) is 1. The molecule has 0 aliphatic carbocycles. The van der Waals surface area contributed by atoms with E-state index < -0.39 is 0 Å². The molecule has 4 nitrogen and oxygen atoms in total. The minimum Gasteiger partial charge on any atom is -0.474 e. The van der Waals surface area contributed by atoms with Crippen molar-refractivity contribution in [1.82, 2.24) is 10.1 Å². The highest BCUT2D eigenvalue weighted by Crippen LogP contribution is 2.26. The van der Waals surface area contributed by atoms with Gasteiger partial charge in [0.2, 0.25) is 5.88 Å². The second-order valence-electron chi connectivity index (χ2n) is 3.41. The van der Waals surface area contributed by atoms with Gasteiger partial charge >= 0.3 is 0 Å². The quantitative estimate of drug-likeness (QED) is 0.770. The molecule has 0 aliphatic rings. The molecule has 0 unspecified atom stereocenters. The lowest BCUT2D eigenvalue weighted by Crippen LogP contribution is -2.07. The van der Waals surface area contributed by atoms with Crippen LogP contribution in [0.5, 0.6) is 5.88 Å². The summed E-state index contributed by atoms with van der Waals surface area (Å²) < 4.78 is 10.4. The van der Waals surface area contributed by atoms with Crippen molar-refractivity contribution >= 4 is 0 Å². The van der Waals surface area contributed by atoms with Gasteiger partial charge in [0.05, 0.1) is 11.7 Å². The molecule has 0 aromatic carbocycles. The molecule has 2 rings (SSSR count). The minimum absolute atomic E-state index is 0.0885. The van der Waals surface area contributed by atoms with E-state index in [2.05, 4.69) is 10.1 Å². The van der Waals surface area contributed by atoms with Gasteiger partial charge in [0.15, 0.2) is 0 Å². The fourth-order valence-corrected chi connectivity index (χ4v) is 1.25. The first-order chi connectivity index (χ1) is 7.27. The molecule has 0 spiro atoms. The van der Waals surface area contributed by atoms with Crippen molar-refractivity contribution in [2.24, 2.45) is 0 Å². The summed E-state index contributed by atoms with van der Waals surface area (Å²) in [5, 5.41) is 3.86. The van der Waals surface area contributed by atoms with E-state index in [1.807, 2.05) is 26.0 Å². The Bertz CT molecular complexity index is 424. The van der Waals surface area contributed by atoms with Crippen molar-refractivity contribution in [3.8, 4) is 17.1 Å². The smallest absolute Gasteiger partial charge is 0.223 e. The molecule has 0 N–H and O–H groups in total. The van der Waals surface area contributed by atoms with Gasteiger partial charge in [0.25, 0.3) is 0 Å². The summed E-state index contributed by atoms with van der Waals surface area (Å²) in [6.07, 6.45) is 3.31. The van der Waals surface area contributed by atoms with Crippen LogP contribution in [0, 0.1) is 0 Å². The summed E-state index contributed by atoms with van der Waals surface area (Å²) in [6, 6.07) is 5.53. The van der Waals surface area contributed by atoms with Gasteiger partial charge in [-0.15, -0.1) is 0 Å². The standard InChI is InChI=1S/C11H12N2O2/c1-8(2)15-11-9(4-3-6-12-11)10-5-7-14-13-10/h3-8H,1-2H3. The Morgan fingerprint density at radius 3 is 2.87 bits per heavy atom. The predicted molar refractivity (Wildman–Crippen MR) is 55.5 cm³/mol. The van der Waals surface area contributed by atoms with E-state index >= 15 is 0 Å². The normalized spacial score (nSPS) is 10.6. The highest BCUT2D eigenvalue weighted by atomic mass is 16.5. The highest BCUT2D eigenvalue weighted by molar-refractivity contribution is 5.63. The molecule has 4 heteroatoms. The summed E-state index contributed by atoms with van der Waals surface area (Å²) in [7, 11) is 0. The van der Waals surface area contributed by atoms with Crippen LogP contribution in [0.2, 0.25) is 0 Å². The molecule has 0 amide bonds.